The maximum absolute atomic E-state index is 11.1. The van der Waals surface area contributed by atoms with Crippen molar-refractivity contribution in [3.63, 3.8) is 0 Å². The molecule has 7 heteroatoms. The largest absolute Gasteiger partial charge is 0.433 e. The van der Waals surface area contributed by atoms with Gasteiger partial charge in [-0.1, -0.05) is 26.2 Å². The normalized spacial score (nSPS) is 10.7. The van der Waals surface area contributed by atoms with Gasteiger partial charge in [0.05, 0.1) is 11.6 Å². The molecule has 112 valence electrons. The number of rotatable bonds is 8. The maximum atomic E-state index is 11.1. The summed E-state index contributed by atoms with van der Waals surface area (Å²) in [5.74, 6) is -0.129. The van der Waals surface area contributed by atoms with Crippen LogP contribution in [0.2, 0.25) is 0 Å². The number of nitrogens with zero attached hydrogens (tertiary/aromatic N) is 3. The van der Waals surface area contributed by atoms with Gasteiger partial charge in [0, 0.05) is 12.7 Å². The minimum Gasteiger partial charge on any atom is -0.399 e. The number of aldehydes is 1. The highest BCUT2D eigenvalue weighted by atomic mass is 16.6. The highest BCUT2D eigenvalue weighted by Crippen LogP contribution is 2.27. The monoisotopic (exact) mass is 291 g/mol. The Morgan fingerprint density at radius 2 is 2.19 bits per heavy atom. The second-order valence-corrected chi connectivity index (χ2v) is 4.77. The summed E-state index contributed by atoms with van der Waals surface area (Å²) in [6.45, 7) is 2.85. The maximum Gasteiger partial charge on any atom is 0.433 e. The molecule has 2 aromatic heterocycles. The van der Waals surface area contributed by atoms with Crippen LogP contribution in [0, 0.1) is 10.1 Å². The number of furan rings is 1. The van der Waals surface area contributed by atoms with Gasteiger partial charge in [-0.2, -0.15) is 5.10 Å². The molecule has 0 unspecified atom stereocenters. The van der Waals surface area contributed by atoms with E-state index in [-0.39, 0.29) is 11.6 Å². The van der Waals surface area contributed by atoms with E-state index in [1.165, 1.54) is 18.6 Å². The average Bonchev–Trinajstić information content (AvgIpc) is 3.09. The summed E-state index contributed by atoms with van der Waals surface area (Å²) in [5.41, 5.74) is 0.711. The van der Waals surface area contributed by atoms with Crippen molar-refractivity contribution in [1.82, 2.24) is 9.78 Å². The number of carbonyl (C=O) groups excluding carboxylic acids is 1. The van der Waals surface area contributed by atoms with Crippen molar-refractivity contribution in [3.05, 3.63) is 34.0 Å². The Hall–Kier alpha value is -2.44. The van der Waals surface area contributed by atoms with E-state index in [0.717, 1.165) is 19.3 Å². The second kappa shape index (κ2) is 6.83. The molecule has 2 heterocycles. The Kier molecular flexibility index (Phi) is 4.86. The van der Waals surface area contributed by atoms with Crippen LogP contribution in [0.3, 0.4) is 0 Å². The molecule has 0 aliphatic heterocycles. The third-order valence-electron chi connectivity index (χ3n) is 3.16. The van der Waals surface area contributed by atoms with Crippen molar-refractivity contribution < 1.29 is 14.1 Å². The van der Waals surface area contributed by atoms with E-state index in [1.807, 2.05) is 0 Å². The first-order chi connectivity index (χ1) is 10.2. The average molecular weight is 291 g/mol. The first-order valence-electron chi connectivity index (χ1n) is 6.93. The lowest BCUT2D eigenvalue weighted by atomic mass is 10.2. The van der Waals surface area contributed by atoms with E-state index in [0.29, 0.717) is 24.1 Å². The van der Waals surface area contributed by atoms with E-state index in [4.69, 9.17) is 4.42 Å². The third kappa shape index (κ3) is 3.56. The summed E-state index contributed by atoms with van der Waals surface area (Å²) in [4.78, 5) is 21.1. The van der Waals surface area contributed by atoms with Gasteiger partial charge in [-0.05, 0) is 12.5 Å². The molecule has 0 atom stereocenters. The first-order valence-corrected chi connectivity index (χ1v) is 6.93. The van der Waals surface area contributed by atoms with Gasteiger partial charge in [0.1, 0.15) is 10.6 Å². The number of unbranched alkanes of at least 4 members (excludes halogenated alkanes) is 3. The van der Waals surface area contributed by atoms with Crippen LogP contribution >= 0.6 is 0 Å². The summed E-state index contributed by atoms with van der Waals surface area (Å²) in [6.07, 6.45) is 6.72. The molecule has 0 saturated carbocycles. The molecule has 0 N–H and O–H groups in total. The van der Waals surface area contributed by atoms with Gasteiger partial charge in [0.15, 0.2) is 12.0 Å². The van der Waals surface area contributed by atoms with Gasteiger partial charge in [0.2, 0.25) is 0 Å². The summed E-state index contributed by atoms with van der Waals surface area (Å²) >= 11 is 0. The van der Waals surface area contributed by atoms with Crippen LogP contribution in [0.4, 0.5) is 5.88 Å². The molecule has 7 nitrogen and oxygen atoms in total. The second-order valence-electron chi connectivity index (χ2n) is 4.77. The molecule has 0 amide bonds. The predicted molar refractivity (Wildman–Crippen MR) is 76.1 cm³/mol. The molecule has 0 radical (unpaired) electrons. The lowest BCUT2D eigenvalue weighted by molar-refractivity contribution is -0.401. The van der Waals surface area contributed by atoms with E-state index in [9.17, 15) is 14.9 Å². The van der Waals surface area contributed by atoms with E-state index in [2.05, 4.69) is 12.0 Å². The Morgan fingerprint density at radius 3 is 2.81 bits per heavy atom. The zero-order valence-corrected chi connectivity index (χ0v) is 11.8. The topological polar surface area (TPSA) is 91.2 Å². The molecule has 0 fully saturated rings. The molecular weight excluding hydrogens is 274 g/mol. The van der Waals surface area contributed by atoms with Crippen LogP contribution in [0.5, 0.6) is 0 Å². The van der Waals surface area contributed by atoms with Gasteiger partial charge < -0.3 is 4.42 Å². The summed E-state index contributed by atoms with van der Waals surface area (Å²) in [6, 6.07) is 2.71. The lowest BCUT2D eigenvalue weighted by Gasteiger charge is -2.00. The quantitative estimate of drug-likeness (QED) is 0.321. The van der Waals surface area contributed by atoms with Crippen molar-refractivity contribution >= 4 is 12.2 Å². The van der Waals surface area contributed by atoms with E-state index in [1.54, 1.807) is 10.9 Å². The molecule has 2 rings (SSSR count). The van der Waals surface area contributed by atoms with Crippen LogP contribution in [0.15, 0.2) is 22.7 Å². The smallest absolute Gasteiger partial charge is 0.399 e. The number of aryl methyl sites for hydroxylation is 1. The zero-order valence-electron chi connectivity index (χ0n) is 11.8. The Labute approximate surface area is 121 Å². The number of carbonyl (C=O) groups is 1. The number of nitro groups is 1. The van der Waals surface area contributed by atoms with Crippen molar-refractivity contribution in [3.8, 4) is 11.5 Å². The molecule has 0 spiro atoms. The minimum absolute atomic E-state index is 0.233. The zero-order chi connectivity index (χ0) is 15.2. The van der Waals surface area contributed by atoms with Crippen LogP contribution in [-0.4, -0.2) is 21.0 Å². The van der Waals surface area contributed by atoms with Gasteiger partial charge in [0.25, 0.3) is 0 Å². The number of aromatic nitrogens is 2. The van der Waals surface area contributed by atoms with E-state index < -0.39 is 4.92 Å². The lowest BCUT2D eigenvalue weighted by Crippen LogP contribution is -1.98. The molecule has 0 aliphatic carbocycles. The van der Waals surface area contributed by atoms with Crippen molar-refractivity contribution in [1.29, 1.82) is 0 Å². The first kappa shape index (κ1) is 15.0. The molecule has 0 aliphatic rings. The number of hydrogen-bond acceptors (Lipinski definition) is 5. The fourth-order valence-electron chi connectivity index (χ4n) is 2.08. The fourth-order valence-corrected chi connectivity index (χ4v) is 2.08. The van der Waals surface area contributed by atoms with Crippen LogP contribution in [-0.2, 0) is 6.54 Å². The predicted octanol–water partition coefficient (Wildman–Crippen LogP) is 3.44. The Morgan fingerprint density at radius 1 is 1.38 bits per heavy atom. The minimum atomic E-state index is -0.619. The van der Waals surface area contributed by atoms with Gasteiger partial charge >= 0.3 is 5.88 Å². The Bertz CT molecular complexity index is 630. The highest BCUT2D eigenvalue weighted by Gasteiger charge is 2.18. The van der Waals surface area contributed by atoms with Crippen molar-refractivity contribution in [2.24, 2.45) is 0 Å². The van der Waals surface area contributed by atoms with Crippen LogP contribution in [0.1, 0.15) is 43.0 Å². The SMILES string of the molecule is CCCCCCn1cc(C=O)c(-c2ccc([N+](=O)[O-])o2)n1. The summed E-state index contributed by atoms with van der Waals surface area (Å²) in [7, 11) is 0. The molecule has 0 bridgehead atoms. The van der Waals surface area contributed by atoms with Crippen molar-refractivity contribution in [2.75, 3.05) is 0 Å². The third-order valence-corrected chi connectivity index (χ3v) is 3.16. The number of hydrogen-bond donors (Lipinski definition) is 0. The molecule has 0 aromatic carbocycles. The molecule has 2 aromatic rings. The van der Waals surface area contributed by atoms with Crippen LogP contribution in [0.25, 0.3) is 11.5 Å². The van der Waals surface area contributed by atoms with Crippen molar-refractivity contribution in [2.45, 2.75) is 39.2 Å². The van der Waals surface area contributed by atoms with Gasteiger partial charge in [-0.15, -0.1) is 0 Å². The van der Waals surface area contributed by atoms with Crippen LogP contribution < -0.4 is 0 Å². The summed E-state index contributed by atoms with van der Waals surface area (Å²) < 4.78 is 6.78. The highest BCUT2D eigenvalue weighted by molar-refractivity contribution is 5.84. The standard InChI is InChI=1S/C14H17N3O4/c1-2-3-4-5-8-16-9-11(10-18)14(15-16)12-6-7-13(21-12)17(19)20/h6-7,9-10H,2-5,8H2,1H3. The van der Waals surface area contributed by atoms with Gasteiger partial charge in [-0.25, -0.2) is 0 Å². The fraction of sp³-hybridized carbons (Fsp3) is 0.429. The van der Waals surface area contributed by atoms with Gasteiger partial charge in [-0.3, -0.25) is 19.6 Å². The Balaban J connectivity index is 2.16. The molecular formula is C14H17N3O4. The molecule has 21 heavy (non-hydrogen) atoms. The summed E-state index contributed by atoms with van der Waals surface area (Å²) in [5, 5.41) is 14.9. The molecule has 0 saturated heterocycles. The van der Waals surface area contributed by atoms with E-state index >= 15 is 0 Å².